The highest BCUT2D eigenvalue weighted by atomic mass is 15.1. The molecular formula is C51H47N. The molecule has 9 rings (SSSR count). The molecule has 0 aromatic heterocycles. The lowest BCUT2D eigenvalue weighted by atomic mass is 9.61. The van der Waals surface area contributed by atoms with E-state index in [9.17, 15) is 0 Å². The van der Waals surface area contributed by atoms with Crippen LogP contribution < -0.4 is 4.90 Å². The summed E-state index contributed by atoms with van der Waals surface area (Å²) < 4.78 is 0. The number of hydrogen-bond acceptors (Lipinski definition) is 1. The molecule has 0 saturated heterocycles. The molecule has 0 unspecified atom stereocenters. The van der Waals surface area contributed by atoms with Gasteiger partial charge in [-0.15, -0.1) is 0 Å². The molecule has 0 heterocycles. The van der Waals surface area contributed by atoms with Crippen molar-refractivity contribution in [1.29, 1.82) is 0 Å². The summed E-state index contributed by atoms with van der Waals surface area (Å²) >= 11 is 0. The van der Waals surface area contributed by atoms with Crippen LogP contribution in [-0.4, -0.2) is 0 Å². The molecule has 0 aliphatic heterocycles. The van der Waals surface area contributed by atoms with E-state index in [4.69, 9.17) is 0 Å². The predicted octanol–water partition coefficient (Wildman–Crippen LogP) is 14.3. The van der Waals surface area contributed by atoms with E-state index < -0.39 is 0 Å². The van der Waals surface area contributed by atoms with Gasteiger partial charge < -0.3 is 4.90 Å². The van der Waals surface area contributed by atoms with Gasteiger partial charge in [-0.25, -0.2) is 0 Å². The van der Waals surface area contributed by atoms with Gasteiger partial charge in [0.1, 0.15) is 0 Å². The van der Waals surface area contributed by atoms with Crippen molar-refractivity contribution in [1.82, 2.24) is 0 Å². The number of nitrogens with zero attached hydrogens (tertiary/aromatic N) is 1. The van der Waals surface area contributed by atoms with E-state index >= 15 is 0 Å². The molecule has 0 spiro atoms. The van der Waals surface area contributed by atoms with Crippen molar-refractivity contribution in [2.45, 2.75) is 70.6 Å². The number of fused-ring (bicyclic) bond motifs is 5. The predicted molar refractivity (Wildman–Crippen MR) is 222 cm³/mol. The van der Waals surface area contributed by atoms with Gasteiger partial charge in [0.05, 0.1) is 5.69 Å². The van der Waals surface area contributed by atoms with Crippen molar-refractivity contribution in [3.63, 3.8) is 0 Å². The third kappa shape index (κ3) is 5.05. The largest absolute Gasteiger partial charge is 0.310 e. The zero-order chi connectivity index (χ0) is 35.8. The molecule has 2 aliphatic carbocycles. The first-order chi connectivity index (χ1) is 25.0. The molecule has 0 atom stereocenters. The van der Waals surface area contributed by atoms with E-state index in [-0.39, 0.29) is 16.2 Å². The lowest BCUT2D eigenvalue weighted by Gasteiger charge is -2.43. The van der Waals surface area contributed by atoms with Gasteiger partial charge in [-0.2, -0.15) is 0 Å². The fourth-order valence-corrected chi connectivity index (χ4v) is 9.36. The smallest absolute Gasteiger partial charge is 0.0543 e. The lowest BCUT2D eigenvalue weighted by Crippen LogP contribution is -2.34. The van der Waals surface area contributed by atoms with Crippen molar-refractivity contribution in [3.05, 3.63) is 174 Å². The molecule has 0 radical (unpaired) electrons. The third-order valence-electron chi connectivity index (χ3n) is 12.3. The fourth-order valence-electron chi connectivity index (χ4n) is 9.36. The van der Waals surface area contributed by atoms with Crippen LogP contribution in [0.15, 0.2) is 152 Å². The summed E-state index contributed by atoms with van der Waals surface area (Å²) in [6.07, 6.45) is 2.35. The van der Waals surface area contributed by atoms with Gasteiger partial charge in [0, 0.05) is 22.4 Å². The van der Waals surface area contributed by atoms with Crippen molar-refractivity contribution < 1.29 is 0 Å². The van der Waals surface area contributed by atoms with Crippen LogP contribution in [0.3, 0.4) is 0 Å². The molecule has 0 fully saturated rings. The summed E-state index contributed by atoms with van der Waals surface area (Å²) in [5.41, 5.74) is 17.1. The number of hydrogen-bond donors (Lipinski definition) is 0. The molecular weight excluding hydrogens is 627 g/mol. The van der Waals surface area contributed by atoms with Gasteiger partial charge in [0.15, 0.2) is 0 Å². The quantitative estimate of drug-likeness (QED) is 0.176. The molecule has 2 aliphatic rings. The van der Waals surface area contributed by atoms with Crippen LogP contribution in [0.25, 0.3) is 44.2 Å². The topological polar surface area (TPSA) is 3.24 Å². The van der Waals surface area contributed by atoms with Crippen molar-refractivity contribution in [2.24, 2.45) is 0 Å². The molecule has 0 bridgehead atoms. The van der Waals surface area contributed by atoms with E-state index in [1.54, 1.807) is 0 Å². The molecule has 7 aromatic carbocycles. The molecule has 0 saturated carbocycles. The number of anilines is 3. The van der Waals surface area contributed by atoms with Crippen LogP contribution in [0.1, 0.15) is 76.6 Å². The van der Waals surface area contributed by atoms with Crippen LogP contribution in [-0.2, 0) is 16.2 Å². The minimum Gasteiger partial charge on any atom is -0.310 e. The summed E-state index contributed by atoms with van der Waals surface area (Å²) in [5.74, 6) is 0. The summed E-state index contributed by atoms with van der Waals surface area (Å²) in [4.78, 5) is 2.50. The SMILES string of the molecule is CC1(C)CCC(C)(C)c2c(-c3cc4c(cc3N(c3ccccc3)c3ccc(-c5cccc6ccccc56)cc3)C(C)(C)c3ccccc3-4)cccc21. The number of benzene rings is 7. The van der Waals surface area contributed by atoms with E-state index in [1.165, 1.54) is 78.5 Å². The number of rotatable bonds is 5. The number of para-hydroxylation sites is 1. The third-order valence-corrected chi connectivity index (χ3v) is 12.3. The Kier molecular flexibility index (Phi) is 7.39. The Morgan fingerprint density at radius 2 is 1.02 bits per heavy atom. The van der Waals surface area contributed by atoms with Gasteiger partial charge in [-0.3, -0.25) is 0 Å². The Balaban J connectivity index is 1.32. The average Bonchev–Trinajstić information content (AvgIpc) is 3.39. The van der Waals surface area contributed by atoms with Crippen molar-refractivity contribution in [3.8, 4) is 33.4 Å². The first-order valence-electron chi connectivity index (χ1n) is 18.9. The Hall–Kier alpha value is -5.40. The highest BCUT2D eigenvalue weighted by Crippen LogP contribution is 2.56. The molecule has 1 heteroatoms. The molecule has 256 valence electrons. The summed E-state index contributed by atoms with van der Waals surface area (Å²) in [5, 5.41) is 2.54. The molecule has 0 amide bonds. The highest BCUT2D eigenvalue weighted by molar-refractivity contribution is 5.98. The Labute approximate surface area is 309 Å². The van der Waals surface area contributed by atoms with E-state index in [2.05, 4.69) is 198 Å². The Bertz CT molecular complexity index is 2470. The fraction of sp³-hybridized carbons (Fsp3) is 0.216. The molecule has 52 heavy (non-hydrogen) atoms. The van der Waals surface area contributed by atoms with Crippen LogP contribution in [0.4, 0.5) is 17.1 Å². The molecule has 0 N–H and O–H groups in total. The average molecular weight is 674 g/mol. The van der Waals surface area contributed by atoms with Crippen LogP contribution in [0.2, 0.25) is 0 Å². The minimum absolute atomic E-state index is 0.0482. The maximum atomic E-state index is 2.53. The second-order valence-electron chi connectivity index (χ2n) is 16.8. The highest BCUT2D eigenvalue weighted by Gasteiger charge is 2.41. The maximum absolute atomic E-state index is 2.53. The standard InChI is InChI=1S/C51H47N/c1-49(2)30-31-50(3,4)48-41(23-15-25-45(48)49)43-32-42-40-21-12-13-24-44(40)51(5,6)46(42)33-47(43)52(36-18-8-7-9-19-36)37-28-26-35(27-29-37)39-22-14-17-34-16-10-11-20-38(34)39/h7-29,32-33H,30-31H2,1-6H3. The van der Waals surface area contributed by atoms with Crippen LogP contribution in [0.5, 0.6) is 0 Å². The normalized spacial score (nSPS) is 16.2. The van der Waals surface area contributed by atoms with Crippen LogP contribution in [0, 0.1) is 0 Å². The van der Waals surface area contributed by atoms with Gasteiger partial charge >= 0.3 is 0 Å². The Morgan fingerprint density at radius 1 is 0.423 bits per heavy atom. The zero-order valence-corrected chi connectivity index (χ0v) is 31.3. The second-order valence-corrected chi connectivity index (χ2v) is 16.8. The molecule has 1 nitrogen and oxygen atoms in total. The van der Waals surface area contributed by atoms with Crippen LogP contribution >= 0.6 is 0 Å². The maximum Gasteiger partial charge on any atom is 0.0543 e. The lowest BCUT2D eigenvalue weighted by molar-refractivity contribution is 0.333. The summed E-state index contributed by atoms with van der Waals surface area (Å²) in [6, 6.07) is 56.7. The van der Waals surface area contributed by atoms with Gasteiger partial charge in [0.2, 0.25) is 0 Å². The summed E-state index contributed by atoms with van der Waals surface area (Å²) in [7, 11) is 0. The molecule has 7 aromatic rings. The van der Waals surface area contributed by atoms with E-state index in [0.717, 1.165) is 17.8 Å². The monoisotopic (exact) mass is 673 g/mol. The van der Waals surface area contributed by atoms with Gasteiger partial charge in [-0.1, -0.05) is 157 Å². The van der Waals surface area contributed by atoms with Gasteiger partial charge in [-0.05, 0) is 121 Å². The van der Waals surface area contributed by atoms with Crippen molar-refractivity contribution >= 4 is 27.8 Å². The first-order valence-corrected chi connectivity index (χ1v) is 18.9. The Morgan fingerprint density at radius 3 is 1.83 bits per heavy atom. The summed E-state index contributed by atoms with van der Waals surface area (Å²) in [6.45, 7) is 14.6. The first kappa shape index (κ1) is 32.5. The van der Waals surface area contributed by atoms with Gasteiger partial charge in [0.25, 0.3) is 0 Å². The van der Waals surface area contributed by atoms with Crippen molar-refractivity contribution in [2.75, 3.05) is 4.90 Å². The van der Waals surface area contributed by atoms with E-state index in [0.29, 0.717) is 0 Å². The van der Waals surface area contributed by atoms with E-state index in [1.807, 2.05) is 0 Å². The zero-order valence-electron chi connectivity index (χ0n) is 31.3. The second kappa shape index (κ2) is 11.8. The minimum atomic E-state index is -0.128.